The molecule has 2 rings (SSSR count). The molecule has 1 heterocycles. The van der Waals surface area contributed by atoms with E-state index in [4.69, 9.17) is 5.11 Å². The van der Waals surface area contributed by atoms with E-state index in [1.54, 1.807) is 0 Å². The molecule has 2 amide bonds. The Morgan fingerprint density at radius 3 is 2.90 bits per heavy atom. The van der Waals surface area contributed by atoms with E-state index in [2.05, 4.69) is 21.2 Å². The summed E-state index contributed by atoms with van der Waals surface area (Å²) in [5.41, 5.74) is 1.83. The van der Waals surface area contributed by atoms with Gasteiger partial charge in [0.1, 0.15) is 0 Å². The summed E-state index contributed by atoms with van der Waals surface area (Å²) < 4.78 is 0.873. The Morgan fingerprint density at radius 1 is 1.50 bits per heavy atom. The van der Waals surface area contributed by atoms with Crippen molar-refractivity contribution in [2.45, 2.75) is 25.8 Å². The van der Waals surface area contributed by atoms with Gasteiger partial charge in [0.15, 0.2) is 0 Å². The molecule has 0 saturated carbocycles. The third kappa shape index (κ3) is 3.02. The molecule has 1 aliphatic heterocycles. The molecule has 1 aromatic rings. The molecule has 0 fully saturated rings. The van der Waals surface area contributed by atoms with Gasteiger partial charge in [0.05, 0.1) is 12.6 Å². The molecular weight excluding hydrogens is 324 g/mol. The fourth-order valence-electron chi connectivity index (χ4n) is 2.21. The minimum Gasteiger partial charge on any atom is -0.394 e. The number of hydrogen-bond acceptors (Lipinski definition) is 3. The van der Waals surface area contributed by atoms with E-state index in [-0.39, 0.29) is 12.6 Å². The van der Waals surface area contributed by atoms with Gasteiger partial charge in [0, 0.05) is 16.7 Å². The molecule has 0 bridgehead atoms. The molecule has 5 nitrogen and oxygen atoms in total. The first-order chi connectivity index (χ1) is 9.56. The average molecular weight is 341 g/mol. The molecule has 0 spiro atoms. The molecule has 0 radical (unpaired) electrons. The number of benzene rings is 1. The van der Waals surface area contributed by atoms with Crippen molar-refractivity contribution >= 4 is 33.4 Å². The summed E-state index contributed by atoms with van der Waals surface area (Å²) in [6.07, 6.45) is 1.33. The monoisotopic (exact) mass is 340 g/mol. The van der Waals surface area contributed by atoms with E-state index in [0.717, 1.165) is 22.1 Å². The van der Waals surface area contributed by atoms with Crippen LogP contribution < -0.4 is 10.2 Å². The van der Waals surface area contributed by atoms with Crippen LogP contribution in [0.1, 0.15) is 18.9 Å². The molecule has 1 aliphatic rings. The Bertz CT molecular complexity index is 529. The molecule has 0 aliphatic carbocycles. The summed E-state index contributed by atoms with van der Waals surface area (Å²) >= 11 is 3.37. The number of amides is 2. The third-order valence-electron chi connectivity index (χ3n) is 3.43. The van der Waals surface area contributed by atoms with Crippen molar-refractivity contribution in [3.8, 4) is 0 Å². The lowest BCUT2D eigenvalue weighted by molar-refractivity contribution is -0.138. The number of hydrogen-bond donors (Lipinski definition) is 2. The van der Waals surface area contributed by atoms with Crippen LogP contribution in [0.5, 0.6) is 0 Å². The van der Waals surface area contributed by atoms with E-state index in [9.17, 15) is 9.59 Å². The summed E-state index contributed by atoms with van der Waals surface area (Å²) in [6, 6.07) is 5.34. The van der Waals surface area contributed by atoms with Gasteiger partial charge in [0.25, 0.3) is 0 Å². The van der Waals surface area contributed by atoms with E-state index < -0.39 is 11.8 Å². The maximum atomic E-state index is 12.2. The number of carbonyl (C=O) groups excluding carboxylic acids is 2. The molecule has 2 N–H and O–H groups in total. The maximum Gasteiger partial charge on any atom is 0.316 e. The van der Waals surface area contributed by atoms with Crippen LogP contribution in [0, 0.1) is 0 Å². The lowest BCUT2D eigenvalue weighted by Crippen LogP contribution is -2.47. The highest BCUT2D eigenvalue weighted by molar-refractivity contribution is 9.10. The summed E-state index contributed by atoms with van der Waals surface area (Å²) in [7, 11) is 0. The molecule has 1 atom stereocenters. The predicted molar refractivity (Wildman–Crippen MR) is 79.5 cm³/mol. The Morgan fingerprint density at radius 2 is 2.25 bits per heavy atom. The number of nitrogens with one attached hydrogen (secondary N) is 1. The topological polar surface area (TPSA) is 69.6 Å². The summed E-state index contributed by atoms with van der Waals surface area (Å²) in [6.45, 7) is 2.18. The highest BCUT2D eigenvalue weighted by Gasteiger charge is 2.30. The minimum absolute atomic E-state index is 0.169. The first kappa shape index (κ1) is 15.0. The van der Waals surface area contributed by atoms with Crippen LogP contribution in [0.3, 0.4) is 0 Å². The van der Waals surface area contributed by atoms with Gasteiger partial charge in [0.2, 0.25) is 0 Å². The van der Waals surface area contributed by atoms with Gasteiger partial charge in [-0.3, -0.25) is 9.59 Å². The second-order valence-electron chi connectivity index (χ2n) is 4.74. The highest BCUT2D eigenvalue weighted by Crippen LogP contribution is 2.30. The van der Waals surface area contributed by atoms with Crippen LogP contribution in [-0.2, 0) is 16.0 Å². The molecule has 0 saturated heterocycles. The quantitative estimate of drug-likeness (QED) is 0.813. The Balaban J connectivity index is 2.12. The largest absolute Gasteiger partial charge is 0.394 e. The Kier molecular flexibility index (Phi) is 4.77. The van der Waals surface area contributed by atoms with Crippen molar-refractivity contribution in [3.63, 3.8) is 0 Å². The molecule has 0 aromatic heterocycles. The van der Waals surface area contributed by atoms with Crippen molar-refractivity contribution in [2.24, 2.45) is 0 Å². The van der Waals surface area contributed by atoms with Crippen LogP contribution >= 0.6 is 15.9 Å². The van der Waals surface area contributed by atoms with Crippen molar-refractivity contribution in [1.82, 2.24) is 5.32 Å². The fourth-order valence-corrected chi connectivity index (χ4v) is 2.56. The lowest BCUT2D eigenvalue weighted by Gasteiger charge is -2.19. The molecule has 0 unspecified atom stereocenters. The van der Waals surface area contributed by atoms with Crippen molar-refractivity contribution < 1.29 is 14.7 Å². The summed E-state index contributed by atoms with van der Waals surface area (Å²) in [5, 5.41) is 11.6. The first-order valence-electron chi connectivity index (χ1n) is 6.58. The highest BCUT2D eigenvalue weighted by atomic mass is 79.9. The number of anilines is 1. The Labute approximate surface area is 126 Å². The third-order valence-corrected chi connectivity index (χ3v) is 3.92. The van der Waals surface area contributed by atoms with Gasteiger partial charge in [-0.2, -0.15) is 0 Å². The molecule has 108 valence electrons. The lowest BCUT2D eigenvalue weighted by atomic mass is 10.2. The number of fused-ring (bicyclic) bond motifs is 1. The zero-order valence-corrected chi connectivity index (χ0v) is 12.8. The van der Waals surface area contributed by atoms with E-state index in [1.165, 1.54) is 4.90 Å². The van der Waals surface area contributed by atoms with Crippen molar-refractivity contribution in [3.05, 3.63) is 28.2 Å². The summed E-state index contributed by atoms with van der Waals surface area (Å²) in [5.74, 6) is -1.24. The van der Waals surface area contributed by atoms with Gasteiger partial charge in [-0.05, 0) is 30.5 Å². The second-order valence-corrected chi connectivity index (χ2v) is 5.66. The van der Waals surface area contributed by atoms with Crippen LogP contribution in [0.15, 0.2) is 22.7 Å². The van der Waals surface area contributed by atoms with E-state index >= 15 is 0 Å². The van der Waals surface area contributed by atoms with Crippen LogP contribution in [0.2, 0.25) is 0 Å². The van der Waals surface area contributed by atoms with E-state index in [0.29, 0.717) is 13.0 Å². The smallest absolute Gasteiger partial charge is 0.316 e. The second kappa shape index (κ2) is 6.37. The average Bonchev–Trinajstić information content (AvgIpc) is 2.86. The fraction of sp³-hybridized carbons (Fsp3) is 0.429. The number of carbonyl (C=O) groups is 2. The number of halogens is 1. The molecule has 20 heavy (non-hydrogen) atoms. The number of rotatable bonds is 3. The van der Waals surface area contributed by atoms with Crippen molar-refractivity contribution in [2.75, 3.05) is 18.1 Å². The summed E-state index contributed by atoms with van der Waals surface area (Å²) in [4.78, 5) is 25.6. The number of aliphatic hydroxyl groups excluding tert-OH is 1. The van der Waals surface area contributed by atoms with Crippen LogP contribution in [-0.4, -0.2) is 36.1 Å². The molecule has 1 aromatic carbocycles. The van der Waals surface area contributed by atoms with Crippen LogP contribution in [0.4, 0.5) is 5.69 Å². The zero-order valence-electron chi connectivity index (χ0n) is 11.2. The van der Waals surface area contributed by atoms with Crippen LogP contribution in [0.25, 0.3) is 0 Å². The molecule has 6 heteroatoms. The van der Waals surface area contributed by atoms with Gasteiger partial charge >= 0.3 is 11.8 Å². The normalized spacial score (nSPS) is 14.8. The van der Waals surface area contributed by atoms with E-state index in [1.807, 2.05) is 25.1 Å². The number of nitrogens with zero attached hydrogens (tertiary/aromatic N) is 1. The molecular formula is C14H17BrN2O3. The maximum absolute atomic E-state index is 12.2. The predicted octanol–water partition coefficient (Wildman–Crippen LogP) is 1.23. The SMILES string of the molecule is CC[C@@H](CO)NC(=O)C(=O)N1CCc2ccc(Br)cc21. The number of aliphatic hydroxyl groups is 1. The zero-order chi connectivity index (χ0) is 14.7. The standard InChI is InChI=1S/C14H17BrN2O3/c1-2-11(8-18)16-13(19)14(20)17-6-5-9-3-4-10(15)7-12(9)17/h3-4,7,11,18H,2,5-6,8H2,1H3,(H,16,19)/t11-/m0/s1. The van der Waals surface area contributed by atoms with Crippen molar-refractivity contribution in [1.29, 1.82) is 0 Å². The van der Waals surface area contributed by atoms with Gasteiger partial charge in [-0.1, -0.05) is 28.9 Å². The minimum atomic E-state index is -0.668. The van der Waals surface area contributed by atoms with Gasteiger partial charge in [-0.25, -0.2) is 0 Å². The van der Waals surface area contributed by atoms with Gasteiger partial charge < -0.3 is 15.3 Å². The Hall–Kier alpha value is -1.40. The first-order valence-corrected chi connectivity index (χ1v) is 7.37. The van der Waals surface area contributed by atoms with Gasteiger partial charge in [-0.15, -0.1) is 0 Å².